The lowest BCUT2D eigenvalue weighted by molar-refractivity contribution is -0.142. The smallest absolute Gasteiger partial charge is 0.326 e. The van der Waals surface area contributed by atoms with Crippen LogP contribution in [0.25, 0.3) is 11.1 Å². The number of aliphatic carboxylic acids is 1. The Labute approximate surface area is 332 Å². The van der Waals surface area contributed by atoms with E-state index < -0.39 is 60.2 Å². The molecule has 4 heterocycles. The maximum atomic E-state index is 13.3. The van der Waals surface area contributed by atoms with E-state index in [-0.39, 0.29) is 32.1 Å². The van der Waals surface area contributed by atoms with E-state index in [9.17, 15) is 33.9 Å². The third-order valence-electron chi connectivity index (χ3n) is 8.76. The topological polar surface area (TPSA) is 183 Å². The van der Waals surface area contributed by atoms with Crippen molar-refractivity contribution in [2.45, 2.75) is 57.2 Å². The van der Waals surface area contributed by atoms with Crippen LogP contribution in [0.2, 0.25) is 0 Å². The van der Waals surface area contributed by atoms with E-state index in [4.69, 9.17) is 0 Å². The van der Waals surface area contributed by atoms with E-state index >= 15 is 0 Å². The number of hydrogen-bond acceptors (Lipinski definition) is 8. The number of carbonyl (C=O) groups excluding carboxylic acids is 5. The summed E-state index contributed by atoms with van der Waals surface area (Å²) in [5.74, 6) is -4.17. The molecule has 3 atom stereocenters. The average molecular weight is 794 g/mol. The fourth-order valence-electron chi connectivity index (χ4n) is 5.75. The molecule has 2 aromatic heterocycles. The fraction of sp³-hybridized carbons (Fsp3) is 0.238. The number of amides is 5. The molecule has 0 aliphatic carbocycles. The molecule has 5 amide bonds. The predicted molar refractivity (Wildman–Crippen MR) is 217 cm³/mol. The van der Waals surface area contributed by atoms with Crippen LogP contribution < -0.4 is 26.6 Å². The number of aryl methyl sites for hydroxylation is 1. The van der Waals surface area contributed by atoms with Gasteiger partial charge < -0.3 is 31.7 Å². The normalized spacial score (nSPS) is 18.4. The van der Waals surface area contributed by atoms with Gasteiger partial charge in [0.1, 0.15) is 18.1 Å². The van der Waals surface area contributed by atoms with Crippen molar-refractivity contribution in [1.82, 2.24) is 21.3 Å². The van der Waals surface area contributed by atoms with Crippen LogP contribution >= 0.6 is 22.7 Å². The number of carboxylic acids is 1. The summed E-state index contributed by atoms with van der Waals surface area (Å²) in [6, 6.07) is 27.5. The number of rotatable bonds is 6. The van der Waals surface area contributed by atoms with E-state index in [1.165, 1.54) is 39.4 Å². The van der Waals surface area contributed by atoms with E-state index in [1.807, 2.05) is 34.3 Å². The van der Waals surface area contributed by atoms with Gasteiger partial charge in [-0.25, -0.2) is 4.79 Å². The lowest BCUT2D eigenvalue weighted by atomic mass is 10.0. The molecular weight excluding hydrogens is 751 g/mol. The minimum Gasteiger partial charge on any atom is -0.480 e. The Kier molecular flexibility index (Phi) is 15.0. The average Bonchev–Trinajstić information content (AvgIpc) is 3.92. The van der Waals surface area contributed by atoms with E-state index in [0.29, 0.717) is 11.3 Å². The Hall–Kier alpha value is -6.12. The highest BCUT2D eigenvalue weighted by molar-refractivity contribution is 7.09. The molecule has 14 heteroatoms. The first-order valence-corrected chi connectivity index (χ1v) is 19.8. The van der Waals surface area contributed by atoms with Gasteiger partial charge in [-0.15, -0.1) is 11.3 Å². The molecular formula is C42H43N5O7S2. The third kappa shape index (κ3) is 13.0. The molecule has 56 heavy (non-hydrogen) atoms. The fourth-order valence-corrected chi connectivity index (χ4v) is 7.19. The van der Waals surface area contributed by atoms with Crippen LogP contribution in [0.5, 0.6) is 0 Å². The number of carbonyl (C=O) groups is 6. The molecule has 2 aliphatic heterocycles. The molecule has 7 rings (SSSR count). The van der Waals surface area contributed by atoms with Crippen LogP contribution in [0.3, 0.4) is 0 Å². The summed E-state index contributed by atoms with van der Waals surface area (Å²) in [5, 5.41) is 28.2. The minimum absolute atomic E-state index is 0.0454. The quantitative estimate of drug-likeness (QED) is 0.132. The highest BCUT2D eigenvalue weighted by Gasteiger charge is 2.28. The van der Waals surface area contributed by atoms with Crippen molar-refractivity contribution < 1.29 is 33.9 Å². The number of hydrogen-bond donors (Lipinski definition) is 6. The summed E-state index contributed by atoms with van der Waals surface area (Å²) in [6.45, 7) is 1.62. The minimum atomic E-state index is -1.29. The first-order chi connectivity index (χ1) is 27.0. The largest absolute Gasteiger partial charge is 0.480 e. The summed E-state index contributed by atoms with van der Waals surface area (Å²) < 4.78 is 0. The van der Waals surface area contributed by atoms with Gasteiger partial charge in [-0.1, -0.05) is 78.4 Å². The summed E-state index contributed by atoms with van der Waals surface area (Å²) >= 11 is 2.81. The van der Waals surface area contributed by atoms with Crippen LogP contribution in [0, 0.1) is 6.92 Å². The predicted octanol–water partition coefficient (Wildman–Crippen LogP) is 4.89. The molecule has 6 N–H and O–H groups in total. The molecule has 290 valence electrons. The monoisotopic (exact) mass is 793 g/mol. The van der Waals surface area contributed by atoms with Crippen molar-refractivity contribution in [2.75, 3.05) is 11.9 Å². The van der Waals surface area contributed by atoms with Crippen LogP contribution in [-0.4, -0.2) is 65.3 Å². The molecule has 0 radical (unpaired) electrons. The van der Waals surface area contributed by atoms with Crippen LogP contribution in [0.1, 0.15) is 34.4 Å². The second kappa shape index (κ2) is 20.5. The molecule has 0 unspecified atom stereocenters. The van der Waals surface area contributed by atoms with Gasteiger partial charge in [0, 0.05) is 42.7 Å². The third-order valence-corrected chi connectivity index (χ3v) is 10.4. The van der Waals surface area contributed by atoms with Crippen molar-refractivity contribution >= 4 is 63.9 Å². The lowest BCUT2D eigenvalue weighted by Gasteiger charge is -2.22. The summed E-state index contributed by atoms with van der Waals surface area (Å²) in [7, 11) is 0. The Bertz CT molecular complexity index is 2070. The highest BCUT2D eigenvalue weighted by atomic mass is 32.1. The van der Waals surface area contributed by atoms with Crippen molar-refractivity contribution in [3.8, 4) is 11.1 Å². The number of carboxylic acid groups (broad SMARTS) is 1. The van der Waals surface area contributed by atoms with E-state index in [0.717, 1.165) is 10.4 Å². The second-order valence-electron chi connectivity index (χ2n) is 13.2. The lowest BCUT2D eigenvalue weighted by Crippen LogP contribution is -2.55. The zero-order valence-corrected chi connectivity index (χ0v) is 32.3. The summed E-state index contributed by atoms with van der Waals surface area (Å²) in [6.07, 6.45) is -0.0722. The van der Waals surface area contributed by atoms with Gasteiger partial charge >= 0.3 is 5.97 Å². The molecule has 2 aliphatic rings. The van der Waals surface area contributed by atoms with Gasteiger partial charge in [0.25, 0.3) is 0 Å². The number of nitrogens with one attached hydrogen (secondary N) is 5. The Morgan fingerprint density at radius 2 is 1.38 bits per heavy atom. The molecule has 2 bridgehead atoms. The number of fused-ring (bicyclic) bond motifs is 18. The molecule has 0 saturated carbocycles. The van der Waals surface area contributed by atoms with Gasteiger partial charge in [0.2, 0.25) is 29.5 Å². The van der Waals surface area contributed by atoms with Gasteiger partial charge in [-0.05, 0) is 69.6 Å². The molecule has 3 aromatic carbocycles. The van der Waals surface area contributed by atoms with Gasteiger partial charge in [0.05, 0.1) is 6.54 Å². The van der Waals surface area contributed by atoms with E-state index in [1.54, 1.807) is 30.3 Å². The number of anilines is 1. The van der Waals surface area contributed by atoms with Gasteiger partial charge in [-0.2, -0.15) is 11.3 Å². The Morgan fingerprint density at radius 1 is 0.696 bits per heavy atom. The van der Waals surface area contributed by atoms with Crippen LogP contribution in [-0.2, 0) is 48.0 Å². The Balaban J connectivity index is 0.000000386. The highest BCUT2D eigenvalue weighted by Crippen LogP contribution is 2.19. The SMILES string of the molecule is Cc1ccc(-c2ccccc2)cc1.O=C1CCC(=O)N[C@H](Cc2cccs2)C(=O)NCC(=O)N[C@H](Cc2ccsc2)C(=O)N[C@H](C(=O)O)Cc2ccc(cc2)N1. The van der Waals surface area contributed by atoms with Crippen molar-refractivity contribution in [3.63, 3.8) is 0 Å². The van der Waals surface area contributed by atoms with Gasteiger partial charge in [0.15, 0.2) is 0 Å². The maximum Gasteiger partial charge on any atom is 0.326 e. The zero-order valence-electron chi connectivity index (χ0n) is 30.7. The molecule has 0 spiro atoms. The van der Waals surface area contributed by atoms with Gasteiger partial charge in [-0.3, -0.25) is 24.0 Å². The maximum absolute atomic E-state index is 13.3. The summed E-state index contributed by atoms with van der Waals surface area (Å²) in [4.78, 5) is 77.3. The number of benzene rings is 3. The molecule has 0 fully saturated rings. The second-order valence-corrected chi connectivity index (χ2v) is 15.0. The van der Waals surface area contributed by atoms with Crippen LogP contribution in [0.4, 0.5) is 5.69 Å². The zero-order chi connectivity index (χ0) is 39.9. The van der Waals surface area contributed by atoms with E-state index in [2.05, 4.69) is 82.0 Å². The molecule has 5 aromatic rings. The first-order valence-electron chi connectivity index (χ1n) is 18.0. The number of thiophene rings is 2. The Morgan fingerprint density at radius 3 is 2.04 bits per heavy atom. The molecule has 12 nitrogen and oxygen atoms in total. The standard InChI is InChI=1S/C29H31N5O7S2.C13H12/c35-24-7-8-25(36)32-22(14-20-2-1-10-43-20)27(38)30-15-26(37)33-21(13-18-9-11-42-16-18)28(39)34-23(29(40)41)12-17-3-5-19(31-24)6-4-17;1-11-7-9-13(10-8-11)12-5-3-2-4-6-12/h1-6,9-11,16,21-23H,7-8,12-15H2,(H,30,38)(H,31,35)(H,32,36)(H,33,37)(H,34,39)(H,40,41);2-10H,1H3/t21-,22-,23+;/m1./s1. The van der Waals surface area contributed by atoms with Crippen molar-refractivity contribution in [1.29, 1.82) is 0 Å². The summed E-state index contributed by atoms with van der Waals surface area (Å²) in [5.41, 5.74) is 5.68. The van der Waals surface area contributed by atoms with Crippen LogP contribution in [0.15, 0.2) is 113 Å². The van der Waals surface area contributed by atoms with Crippen molar-refractivity contribution in [2.24, 2.45) is 0 Å². The van der Waals surface area contributed by atoms with Crippen molar-refractivity contribution in [3.05, 3.63) is 135 Å². The first kappa shape index (κ1) is 41.1. The molecule has 0 saturated heterocycles.